The van der Waals surface area contributed by atoms with Gasteiger partial charge in [-0.25, -0.2) is 4.98 Å². The molecule has 0 bridgehead atoms. The van der Waals surface area contributed by atoms with Crippen LogP contribution in [0, 0.1) is 0 Å². The van der Waals surface area contributed by atoms with Crippen molar-refractivity contribution < 1.29 is 18.0 Å². The highest BCUT2D eigenvalue weighted by molar-refractivity contribution is 6.02. The maximum Gasteiger partial charge on any atom is 0.417 e. The molecule has 1 amide bonds. The van der Waals surface area contributed by atoms with Crippen LogP contribution in [0.2, 0.25) is 0 Å². The van der Waals surface area contributed by atoms with Crippen LogP contribution in [0.5, 0.6) is 0 Å². The van der Waals surface area contributed by atoms with E-state index in [9.17, 15) is 18.0 Å². The van der Waals surface area contributed by atoms with Gasteiger partial charge in [-0.2, -0.15) is 27.9 Å². The molecule has 136 valence electrons. The molecule has 4 aromatic rings. The highest BCUT2D eigenvalue weighted by atomic mass is 19.4. The Kier molecular flexibility index (Phi) is 3.87. The molecule has 27 heavy (non-hydrogen) atoms. The number of halogens is 3. The summed E-state index contributed by atoms with van der Waals surface area (Å²) in [5, 5.41) is 13.1. The minimum absolute atomic E-state index is 0.0682. The Morgan fingerprint density at radius 1 is 1.11 bits per heavy atom. The number of alkyl halides is 3. The van der Waals surface area contributed by atoms with Gasteiger partial charge in [0.1, 0.15) is 11.5 Å². The predicted octanol–water partition coefficient (Wildman–Crippen LogP) is 3.39. The summed E-state index contributed by atoms with van der Waals surface area (Å²) in [4.78, 5) is 16.3. The molecule has 0 spiro atoms. The topological polar surface area (TPSA) is 88.0 Å². The second kappa shape index (κ2) is 6.24. The standard InChI is InChI=1S/C17H11F3N6O/c18-17(19,20)11-4-2-1-3-10(11)13-9-15-21-7-6-14(26(15)25-13)23-16(27)12-5-8-22-24-12/h1-9H,(H,22,24)(H,23,27). The molecule has 0 aliphatic heterocycles. The lowest BCUT2D eigenvalue weighted by Gasteiger charge is -2.10. The second-order valence-electron chi connectivity index (χ2n) is 5.60. The fraction of sp³-hybridized carbons (Fsp3) is 0.0588. The average molecular weight is 372 g/mol. The van der Waals surface area contributed by atoms with Gasteiger partial charge in [-0.3, -0.25) is 9.89 Å². The van der Waals surface area contributed by atoms with Crippen LogP contribution in [0.4, 0.5) is 19.0 Å². The monoisotopic (exact) mass is 372 g/mol. The summed E-state index contributed by atoms with van der Waals surface area (Å²) >= 11 is 0. The number of aromatic amines is 1. The molecule has 0 unspecified atom stereocenters. The molecule has 0 saturated heterocycles. The number of hydrogen-bond acceptors (Lipinski definition) is 4. The molecular weight excluding hydrogens is 361 g/mol. The minimum Gasteiger partial charge on any atom is -0.305 e. The van der Waals surface area contributed by atoms with Crippen molar-refractivity contribution in [3.63, 3.8) is 0 Å². The molecule has 1 aromatic carbocycles. The number of anilines is 1. The highest BCUT2D eigenvalue weighted by Gasteiger charge is 2.34. The van der Waals surface area contributed by atoms with Crippen LogP contribution < -0.4 is 5.32 Å². The van der Waals surface area contributed by atoms with E-state index in [4.69, 9.17) is 0 Å². The zero-order valence-corrected chi connectivity index (χ0v) is 13.5. The number of rotatable bonds is 3. The fourth-order valence-corrected chi connectivity index (χ4v) is 2.64. The lowest BCUT2D eigenvalue weighted by molar-refractivity contribution is -0.137. The smallest absolute Gasteiger partial charge is 0.305 e. The first-order valence-electron chi connectivity index (χ1n) is 7.75. The normalized spacial score (nSPS) is 11.7. The largest absolute Gasteiger partial charge is 0.417 e. The van der Waals surface area contributed by atoms with Crippen LogP contribution in [-0.2, 0) is 6.18 Å². The van der Waals surface area contributed by atoms with Gasteiger partial charge >= 0.3 is 6.18 Å². The van der Waals surface area contributed by atoms with Crippen molar-refractivity contribution in [2.45, 2.75) is 6.18 Å². The van der Waals surface area contributed by atoms with Gasteiger partial charge in [0.05, 0.1) is 11.3 Å². The number of amides is 1. The third kappa shape index (κ3) is 3.12. The Morgan fingerprint density at radius 2 is 1.93 bits per heavy atom. The van der Waals surface area contributed by atoms with E-state index in [-0.39, 0.29) is 22.8 Å². The molecule has 10 heteroatoms. The fourth-order valence-electron chi connectivity index (χ4n) is 2.64. The van der Waals surface area contributed by atoms with Crippen molar-refractivity contribution in [1.82, 2.24) is 24.8 Å². The number of fused-ring (bicyclic) bond motifs is 1. The molecule has 4 rings (SSSR count). The summed E-state index contributed by atoms with van der Waals surface area (Å²) in [5.41, 5.74) is -0.240. The Hall–Kier alpha value is -3.69. The van der Waals surface area contributed by atoms with Crippen molar-refractivity contribution in [2.75, 3.05) is 5.32 Å². The Labute approximate surface area is 149 Å². The van der Waals surface area contributed by atoms with Crippen molar-refractivity contribution >= 4 is 17.4 Å². The first-order valence-corrected chi connectivity index (χ1v) is 7.75. The molecule has 0 aliphatic carbocycles. The minimum atomic E-state index is -4.52. The summed E-state index contributed by atoms with van der Waals surface area (Å²) in [7, 11) is 0. The van der Waals surface area contributed by atoms with E-state index in [1.54, 1.807) is 0 Å². The number of aromatic nitrogens is 5. The third-order valence-electron chi connectivity index (χ3n) is 3.85. The summed E-state index contributed by atoms with van der Waals surface area (Å²) in [6.07, 6.45) is -1.66. The SMILES string of the molecule is O=C(Nc1ccnc2cc(-c3ccccc3C(F)(F)F)nn12)c1ccn[nH]1. The van der Waals surface area contributed by atoms with E-state index < -0.39 is 17.6 Å². The van der Waals surface area contributed by atoms with Crippen molar-refractivity contribution in [2.24, 2.45) is 0 Å². The van der Waals surface area contributed by atoms with E-state index in [2.05, 4.69) is 25.6 Å². The van der Waals surface area contributed by atoms with Gasteiger partial charge in [0, 0.05) is 24.0 Å². The lowest BCUT2D eigenvalue weighted by Crippen LogP contribution is -2.15. The van der Waals surface area contributed by atoms with E-state index >= 15 is 0 Å². The summed E-state index contributed by atoms with van der Waals surface area (Å²) in [6.45, 7) is 0. The van der Waals surface area contributed by atoms with E-state index in [0.29, 0.717) is 5.65 Å². The van der Waals surface area contributed by atoms with Gasteiger partial charge in [0.15, 0.2) is 5.65 Å². The van der Waals surface area contributed by atoms with Gasteiger partial charge in [-0.1, -0.05) is 18.2 Å². The quantitative estimate of drug-likeness (QED) is 0.577. The van der Waals surface area contributed by atoms with Crippen LogP contribution in [0.25, 0.3) is 16.9 Å². The number of nitrogens with zero attached hydrogens (tertiary/aromatic N) is 4. The van der Waals surface area contributed by atoms with Crippen LogP contribution in [0.1, 0.15) is 16.1 Å². The van der Waals surface area contributed by atoms with Crippen molar-refractivity contribution in [3.05, 3.63) is 66.1 Å². The molecule has 3 aromatic heterocycles. The maximum atomic E-state index is 13.3. The first-order chi connectivity index (χ1) is 12.9. The van der Waals surface area contributed by atoms with Crippen LogP contribution in [0.3, 0.4) is 0 Å². The Bertz CT molecular complexity index is 1120. The molecule has 3 heterocycles. The summed E-state index contributed by atoms with van der Waals surface area (Å²) < 4.78 is 41.1. The lowest BCUT2D eigenvalue weighted by atomic mass is 10.0. The van der Waals surface area contributed by atoms with Crippen LogP contribution in [-0.4, -0.2) is 30.7 Å². The predicted molar refractivity (Wildman–Crippen MR) is 90.0 cm³/mol. The zero-order valence-electron chi connectivity index (χ0n) is 13.5. The first kappa shape index (κ1) is 16.8. The molecule has 2 N–H and O–H groups in total. The zero-order chi connectivity index (χ0) is 19.0. The molecular formula is C17H11F3N6O. The van der Waals surface area contributed by atoms with Gasteiger partial charge in [-0.05, 0) is 18.2 Å². The Morgan fingerprint density at radius 3 is 2.67 bits per heavy atom. The van der Waals surface area contributed by atoms with Gasteiger partial charge in [0.25, 0.3) is 5.91 Å². The molecule has 0 radical (unpaired) electrons. The van der Waals surface area contributed by atoms with Gasteiger partial charge in [-0.15, -0.1) is 0 Å². The summed E-state index contributed by atoms with van der Waals surface area (Å²) in [6, 6.07) is 9.56. The highest BCUT2D eigenvalue weighted by Crippen LogP contribution is 2.36. The second-order valence-corrected chi connectivity index (χ2v) is 5.60. The van der Waals surface area contributed by atoms with E-state index in [1.807, 2.05) is 0 Å². The number of carbonyl (C=O) groups is 1. The van der Waals surface area contributed by atoms with Crippen LogP contribution in [0.15, 0.2) is 54.9 Å². The number of H-pyrrole nitrogens is 1. The number of hydrogen-bond donors (Lipinski definition) is 2. The molecule has 0 fully saturated rings. The van der Waals surface area contributed by atoms with Gasteiger partial charge < -0.3 is 5.32 Å². The van der Waals surface area contributed by atoms with E-state index in [1.165, 1.54) is 53.3 Å². The Balaban J connectivity index is 1.77. The third-order valence-corrected chi connectivity index (χ3v) is 3.85. The molecule has 0 atom stereocenters. The van der Waals surface area contributed by atoms with Crippen molar-refractivity contribution in [3.8, 4) is 11.3 Å². The van der Waals surface area contributed by atoms with Gasteiger partial charge in [0.2, 0.25) is 0 Å². The molecule has 0 saturated carbocycles. The summed E-state index contributed by atoms with van der Waals surface area (Å²) in [5.74, 6) is -0.205. The molecule has 7 nitrogen and oxygen atoms in total. The average Bonchev–Trinajstić information content (AvgIpc) is 3.31. The van der Waals surface area contributed by atoms with Crippen LogP contribution >= 0.6 is 0 Å². The molecule has 0 aliphatic rings. The van der Waals surface area contributed by atoms with Crippen molar-refractivity contribution in [1.29, 1.82) is 0 Å². The number of carbonyl (C=O) groups excluding carboxylic acids is 1. The number of nitrogens with one attached hydrogen (secondary N) is 2. The van der Waals surface area contributed by atoms with E-state index in [0.717, 1.165) is 6.07 Å². The maximum absolute atomic E-state index is 13.3. The number of benzene rings is 1.